The number of rotatable bonds is 13. The summed E-state index contributed by atoms with van der Waals surface area (Å²) in [6, 6.07) is 25.3. The van der Waals surface area contributed by atoms with Gasteiger partial charge in [-0.3, -0.25) is 9.69 Å². The molecule has 0 saturated heterocycles. The molecule has 1 unspecified atom stereocenters. The Morgan fingerprint density at radius 2 is 1.75 bits per heavy atom. The molecular formula is C29H30ClN7O3. The van der Waals surface area contributed by atoms with Gasteiger partial charge in [-0.1, -0.05) is 41.9 Å². The van der Waals surface area contributed by atoms with Gasteiger partial charge in [-0.15, -0.1) is 5.10 Å². The van der Waals surface area contributed by atoms with Crippen LogP contribution in [0.5, 0.6) is 17.2 Å². The summed E-state index contributed by atoms with van der Waals surface area (Å²) in [5.74, 6) is 2.18. The summed E-state index contributed by atoms with van der Waals surface area (Å²) in [5.41, 5.74) is 0.636. The van der Waals surface area contributed by atoms with Crippen LogP contribution < -0.4 is 14.8 Å². The number of hydrogen-bond acceptors (Lipinski definition) is 8. The Morgan fingerprint density at radius 3 is 2.45 bits per heavy atom. The Balaban J connectivity index is 1.49. The molecule has 206 valence electrons. The van der Waals surface area contributed by atoms with Gasteiger partial charge >= 0.3 is 0 Å². The summed E-state index contributed by atoms with van der Waals surface area (Å²) in [4.78, 5) is 15.2. The van der Waals surface area contributed by atoms with Crippen LogP contribution in [0.4, 0.5) is 5.69 Å². The van der Waals surface area contributed by atoms with E-state index in [1.54, 1.807) is 41.1 Å². The molecule has 1 heterocycles. The molecule has 1 atom stereocenters. The van der Waals surface area contributed by atoms with Crippen molar-refractivity contribution >= 4 is 23.2 Å². The van der Waals surface area contributed by atoms with E-state index in [4.69, 9.17) is 26.3 Å². The van der Waals surface area contributed by atoms with E-state index in [-0.39, 0.29) is 31.5 Å². The first-order valence-electron chi connectivity index (χ1n) is 12.8. The maximum absolute atomic E-state index is 13.2. The van der Waals surface area contributed by atoms with Crippen molar-refractivity contribution in [3.05, 3.63) is 89.7 Å². The predicted molar refractivity (Wildman–Crippen MR) is 151 cm³/mol. The summed E-state index contributed by atoms with van der Waals surface area (Å²) >= 11 is 6.31. The van der Waals surface area contributed by atoms with Crippen LogP contribution in [0.1, 0.15) is 32.1 Å². The number of ether oxygens (including phenoxy) is 2. The van der Waals surface area contributed by atoms with E-state index in [1.165, 1.54) is 0 Å². The average Bonchev–Trinajstić information content (AvgIpc) is 3.42. The normalized spacial score (nSPS) is 11.7. The molecule has 0 spiro atoms. The third-order valence-electron chi connectivity index (χ3n) is 6.03. The smallest absolute Gasteiger partial charge is 0.238 e. The third-order valence-corrected chi connectivity index (χ3v) is 6.35. The number of carbonyl (C=O) groups excluding carboxylic acids is 1. The topological polar surface area (TPSA) is 118 Å². The van der Waals surface area contributed by atoms with Crippen LogP contribution >= 0.6 is 11.6 Å². The molecule has 0 radical (unpaired) electrons. The minimum Gasteiger partial charge on any atom is -0.490 e. The van der Waals surface area contributed by atoms with Crippen molar-refractivity contribution in [3.8, 4) is 23.3 Å². The van der Waals surface area contributed by atoms with E-state index in [9.17, 15) is 4.79 Å². The molecule has 1 amide bonds. The lowest BCUT2D eigenvalue weighted by atomic mass is 10.1. The summed E-state index contributed by atoms with van der Waals surface area (Å²) in [6.07, 6.45) is 0.238. The van der Waals surface area contributed by atoms with Gasteiger partial charge in [0.1, 0.15) is 29.9 Å². The van der Waals surface area contributed by atoms with Gasteiger partial charge < -0.3 is 14.8 Å². The molecule has 4 rings (SSSR count). The number of benzene rings is 3. The molecule has 0 aliphatic heterocycles. The molecule has 4 aromatic rings. The van der Waals surface area contributed by atoms with E-state index >= 15 is 0 Å². The zero-order chi connectivity index (χ0) is 28.3. The molecule has 0 aliphatic rings. The number of halogens is 1. The Kier molecular flexibility index (Phi) is 10.0. The number of tetrazole rings is 1. The highest BCUT2D eigenvalue weighted by atomic mass is 35.5. The van der Waals surface area contributed by atoms with E-state index < -0.39 is 6.04 Å². The molecule has 3 aromatic carbocycles. The van der Waals surface area contributed by atoms with Gasteiger partial charge in [-0.2, -0.15) is 5.26 Å². The zero-order valence-corrected chi connectivity index (χ0v) is 23.0. The fraction of sp³-hybridized carbons (Fsp3) is 0.276. The number of para-hydroxylation sites is 2. The van der Waals surface area contributed by atoms with Crippen LogP contribution in [-0.2, 0) is 11.3 Å². The molecule has 0 fully saturated rings. The van der Waals surface area contributed by atoms with Crippen molar-refractivity contribution < 1.29 is 14.3 Å². The van der Waals surface area contributed by atoms with Crippen LogP contribution in [0.25, 0.3) is 0 Å². The number of nitrogens with one attached hydrogen (secondary N) is 1. The van der Waals surface area contributed by atoms with Gasteiger partial charge in [-0.05, 0) is 72.8 Å². The first-order valence-corrected chi connectivity index (χ1v) is 13.2. The molecular weight excluding hydrogens is 530 g/mol. The molecule has 0 bridgehead atoms. The van der Waals surface area contributed by atoms with Crippen molar-refractivity contribution in [2.75, 3.05) is 18.5 Å². The second kappa shape index (κ2) is 14.1. The molecule has 11 heteroatoms. The number of carbonyl (C=O) groups is 1. The molecule has 40 heavy (non-hydrogen) atoms. The summed E-state index contributed by atoms with van der Waals surface area (Å²) < 4.78 is 13.5. The van der Waals surface area contributed by atoms with Crippen molar-refractivity contribution in [1.29, 1.82) is 5.26 Å². The van der Waals surface area contributed by atoms with Crippen molar-refractivity contribution in [3.63, 3.8) is 0 Å². The summed E-state index contributed by atoms with van der Waals surface area (Å²) in [6.45, 7) is 4.45. The van der Waals surface area contributed by atoms with Crippen LogP contribution in [-0.4, -0.2) is 50.2 Å². The van der Waals surface area contributed by atoms with Crippen LogP contribution in [0.3, 0.4) is 0 Å². The standard InChI is InChI=1S/C29H30ClN7O3/c1-21(2)36(19-28(38)32-22-13-15-24(16-14-22)40-23-9-4-3-5-10-23)26(20-39-27-12-7-6-11-25(27)30)29-33-34-35-37(29)18-8-17-31/h3-7,9-16,21,26H,8,18-20H2,1-2H3,(H,32,38). The van der Waals surface area contributed by atoms with Gasteiger partial charge in [0.2, 0.25) is 5.91 Å². The fourth-order valence-electron chi connectivity index (χ4n) is 4.06. The lowest BCUT2D eigenvalue weighted by Gasteiger charge is -2.33. The van der Waals surface area contributed by atoms with Gasteiger partial charge in [0.05, 0.1) is 30.6 Å². The van der Waals surface area contributed by atoms with E-state index in [1.807, 2.05) is 61.2 Å². The highest BCUT2D eigenvalue weighted by molar-refractivity contribution is 6.32. The number of nitriles is 1. The van der Waals surface area contributed by atoms with Crippen LogP contribution in [0, 0.1) is 11.3 Å². The van der Waals surface area contributed by atoms with Crippen LogP contribution in [0.2, 0.25) is 5.02 Å². The molecule has 0 saturated carbocycles. The second-order valence-electron chi connectivity index (χ2n) is 9.18. The Labute approximate surface area is 238 Å². The van der Waals surface area contributed by atoms with Crippen molar-refractivity contribution in [2.45, 2.75) is 38.9 Å². The van der Waals surface area contributed by atoms with E-state index in [2.05, 4.69) is 26.9 Å². The number of nitrogens with zero attached hydrogens (tertiary/aromatic N) is 6. The maximum Gasteiger partial charge on any atom is 0.238 e. The Bertz CT molecular complexity index is 1420. The number of aromatic nitrogens is 4. The second-order valence-corrected chi connectivity index (χ2v) is 9.59. The Morgan fingerprint density at radius 1 is 1.05 bits per heavy atom. The minimum atomic E-state index is -0.502. The summed E-state index contributed by atoms with van der Waals surface area (Å²) in [7, 11) is 0. The maximum atomic E-state index is 13.2. The molecule has 1 N–H and O–H groups in total. The third kappa shape index (κ3) is 7.79. The van der Waals surface area contributed by atoms with Gasteiger partial charge in [0.25, 0.3) is 0 Å². The SMILES string of the molecule is CC(C)N(CC(=O)Nc1ccc(Oc2ccccc2)cc1)C(COc1ccccc1Cl)c1nnnn1CCC#N. The number of aryl methyl sites for hydroxylation is 1. The quantitative estimate of drug-likeness (QED) is 0.228. The fourth-order valence-corrected chi connectivity index (χ4v) is 4.25. The van der Waals surface area contributed by atoms with Gasteiger partial charge in [-0.25, -0.2) is 4.68 Å². The molecule has 1 aromatic heterocycles. The lowest BCUT2D eigenvalue weighted by Crippen LogP contribution is -2.44. The highest BCUT2D eigenvalue weighted by Crippen LogP contribution is 2.28. The minimum absolute atomic E-state index is 0.0432. The number of amides is 1. The van der Waals surface area contributed by atoms with E-state index in [0.29, 0.717) is 34.6 Å². The molecule has 0 aliphatic carbocycles. The first-order chi connectivity index (χ1) is 19.4. The first kappa shape index (κ1) is 28.5. The average molecular weight is 560 g/mol. The molecule has 10 nitrogen and oxygen atoms in total. The van der Waals surface area contributed by atoms with E-state index in [0.717, 1.165) is 5.75 Å². The largest absolute Gasteiger partial charge is 0.490 e. The van der Waals surface area contributed by atoms with Gasteiger partial charge in [0, 0.05) is 11.7 Å². The Hall–Kier alpha value is -4.46. The van der Waals surface area contributed by atoms with Crippen LogP contribution in [0.15, 0.2) is 78.9 Å². The monoisotopic (exact) mass is 559 g/mol. The highest BCUT2D eigenvalue weighted by Gasteiger charge is 2.31. The number of anilines is 1. The number of hydrogen-bond donors (Lipinski definition) is 1. The predicted octanol–water partition coefficient (Wildman–Crippen LogP) is 5.50. The zero-order valence-electron chi connectivity index (χ0n) is 22.3. The van der Waals surface area contributed by atoms with Gasteiger partial charge in [0.15, 0.2) is 5.82 Å². The lowest BCUT2D eigenvalue weighted by molar-refractivity contribution is -0.118. The van der Waals surface area contributed by atoms with Crippen molar-refractivity contribution in [1.82, 2.24) is 25.1 Å². The van der Waals surface area contributed by atoms with Crippen molar-refractivity contribution in [2.24, 2.45) is 0 Å². The summed E-state index contributed by atoms with van der Waals surface area (Å²) in [5, 5.41) is 24.6.